The fourth-order valence-corrected chi connectivity index (χ4v) is 3.72. The van der Waals surface area contributed by atoms with Crippen LogP contribution in [0, 0.1) is 0 Å². The van der Waals surface area contributed by atoms with Gasteiger partial charge in [0.05, 0.1) is 6.54 Å². The number of hydrogen-bond acceptors (Lipinski definition) is 4. The summed E-state index contributed by atoms with van der Waals surface area (Å²) < 4.78 is 0. The first-order valence-electron chi connectivity index (χ1n) is 11.5. The normalized spacial score (nSPS) is 13.2. The number of likely N-dealkylation sites (tertiary alicyclic amines) is 1. The maximum absolute atomic E-state index is 12.3. The Morgan fingerprint density at radius 3 is 2.27 bits per heavy atom. The summed E-state index contributed by atoms with van der Waals surface area (Å²) in [5.41, 5.74) is 3.91. The van der Waals surface area contributed by atoms with Gasteiger partial charge in [0.1, 0.15) is 0 Å². The third-order valence-electron chi connectivity index (χ3n) is 5.74. The molecule has 1 saturated heterocycles. The summed E-state index contributed by atoms with van der Waals surface area (Å²) in [5, 5.41) is 15.7. The Morgan fingerprint density at radius 1 is 1.00 bits per heavy atom. The van der Waals surface area contributed by atoms with Gasteiger partial charge in [-0.1, -0.05) is 43.3 Å². The molecular formula is C25H32N4O4. The second-order valence-electron chi connectivity index (χ2n) is 8.08. The Morgan fingerprint density at radius 2 is 1.67 bits per heavy atom. The minimum absolute atomic E-state index is 0.0377. The molecule has 0 aromatic heterocycles. The molecule has 1 aliphatic rings. The molecule has 0 bridgehead atoms. The molecule has 0 aliphatic carbocycles. The SMILES string of the molecule is CCc1ccc(-c2ccc(C(=O)NCCN(O)C(=O)NCCCN3CCCC3=O)cc2)cc1. The molecule has 2 aromatic rings. The predicted octanol–water partition coefficient (Wildman–Crippen LogP) is 3.06. The lowest BCUT2D eigenvalue weighted by Gasteiger charge is -2.18. The van der Waals surface area contributed by atoms with Crippen LogP contribution in [0.4, 0.5) is 4.79 Å². The molecule has 8 nitrogen and oxygen atoms in total. The van der Waals surface area contributed by atoms with Crippen LogP contribution in [0.3, 0.4) is 0 Å². The molecule has 8 heteroatoms. The zero-order valence-corrected chi connectivity index (χ0v) is 19.0. The molecule has 33 heavy (non-hydrogen) atoms. The number of hydroxylamine groups is 2. The number of carbonyl (C=O) groups excluding carboxylic acids is 3. The minimum Gasteiger partial charge on any atom is -0.350 e. The van der Waals surface area contributed by atoms with E-state index in [0.717, 1.165) is 30.5 Å². The average Bonchev–Trinajstić information content (AvgIpc) is 3.26. The maximum Gasteiger partial charge on any atom is 0.341 e. The van der Waals surface area contributed by atoms with Crippen LogP contribution in [0.2, 0.25) is 0 Å². The summed E-state index contributed by atoms with van der Waals surface area (Å²) in [4.78, 5) is 37.6. The Bertz CT molecular complexity index is 944. The highest BCUT2D eigenvalue weighted by atomic mass is 16.5. The highest BCUT2D eigenvalue weighted by molar-refractivity contribution is 5.94. The second kappa shape index (κ2) is 12.0. The van der Waals surface area contributed by atoms with Crippen molar-refractivity contribution >= 4 is 17.8 Å². The van der Waals surface area contributed by atoms with E-state index in [1.165, 1.54) is 5.56 Å². The molecule has 3 rings (SSSR count). The third kappa shape index (κ3) is 7.05. The van der Waals surface area contributed by atoms with E-state index < -0.39 is 6.03 Å². The van der Waals surface area contributed by atoms with Gasteiger partial charge in [0.25, 0.3) is 5.91 Å². The van der Waals surface area contributed by atoms with E-state index in [0.29, 0.717) is 36.6 Å². The molecule has 2 aromatic carbocycles. The van der Waals surface area contributed by atoms with Crippen molar-refractivity contribution in [1.29, 1.82) is 0 Å². The smallest absolute Gasteiger partial charge is 0.341 e. The van der Waals surface area contributed by atoms with E-state index >= 15 is 0 Å². The number of nitrogens with zero attached hydrogens (tertiary/aromatic N) is 2. The van der Waals surface area contributed by atoms with Crippen LogP contribution in [0.5, 0.6) is 0 Å². The summed E-state index contributed by atoms with van der Waals surface area (Å²) >= 11 is 0. The Hall–Kier alpha value is -3.39. The third-order valence-corrected chi connectivity index (χ3v) is 5.74. The number of benzene rings is 2. The molecule has 176 valence electrons. The Balaban J connectivity index is 1.35. The molecule has 0 saturated carbocycles. The van der Waals surface area contributed by atoms with Gasteiger partial charge in [-0.2, -0.15) is 0 Å². The zero-order valence-electron chi connectivity index (χ0n) is 19.0. The van der Waals surface area contributed by atoms with E-state index in [1.54, 1.807) is 17.0 Å². The quantitative estimate of drug-likeness (QED) is 0.293. The number of amides is 4. The van der Waals surface area contributed by atoms with Gasteiger partial charge in [-0.05, 0) is 48.1 Å². The van der Waals surface area contributed by atoms with E-state index in [4.69, 9.17) is 0 Å². The van der Waals surface area contributed by atoms with Crippen LogP contribution >= 0.6 is 0 Å². The first-order chi connectivity index (χ1) is 16.0. The molecule has 1 heterocycles. The lowest BCUT2D eigenvalue weighted by Crippen LogP contribution is -2.42. The van der Waals surface area contributed by atoms with E-state index in [2.05, 4.69) is 41.8 Å². The van der Waals surface area contributed by atoms with Crippen LogP contribution in [0.1, 0.15) is 42.1 Å². The highest BCUT2D eigenvalue weighted by Crippen LogP contribution is 2.20. The monoisotopic (exact) mass is 452 g/mol. The first kappa shape index (κ1) is 24.3. The molecule has 0 radical (unpaired) electrons. The Labute approximate surface area is 194 Å². The van der Waals surface area contributed by atoms with Crippen molar-refractivity contribution in [3.8, 4) is 11.1 Å². The molecule has 1 aliphatic heterocycles. The maximum atomic E-state index is 12.3. The lowest BCUT2D eigenvalue weighted by atomic mass is 10.0. The van der Waals surface area contributed by atoms with Gasteiger partial charge in [-0.15, -0.1) is 0 Å². The van der Waals surface area contributed by atoms with Crippen molar-refractivity contribution in [2.45, 2.75) is 32.6 Å². The van der Waals surface area contributed by atoms with Gasteiger partial charge in [0, 0.05) is 38.2 Å². The van der Waals surface area contributed by atoms with Crippen molar-refractivity contribution in [3.05, 3.63) is 59.7 Å². The van der Waals surface area contributed by atoms with Gasteiger partial charge in [0.15, 0.2) is 0 Å². The van der Waals surface area contributed by atoms with Gasteiger partial charge < -0.3 is 15.5 Å². The molecule has 1 fully saturated rings. The molecule has 3 N–H and O–H groups in total. The van der Waals surface area contributed by atoms with Gasteiger partial charge in [0.2, 0.25) is 5.91 Å². The van der Waals surface area contributed by atoms with Crippen LogP contribution in [0.25, 0.3) is 11.1 Å². The number of rotatable bonds is 10. The minimum atomic E-state index is -0.629. The van der Waals surface area contributed by atoms with Crippen molar-refractivity contribution in [1.82, 2.24) is 20.6 Å². The van der Waals surface area contributed by atoms with Gasteiger partial charge >= 0.3 is 6.03 Å². The van der Waals surface area contributed by atoms with Crippen LogP contribution < -0.4 is 10.6 Å². The number of hydrogen-bond donors (Lipinski definition) is 3. The largest absolute Gasteiger partial charge is 0.350 e. The lowest BCUT2D eigenvalue weighted by molar-refractivity contribution is -0.127. The van der Waals surface area contributed by atoms with Crippen LogP contribution in [-0.2, 0) is 11.2 Å². The standard InChI is InChI=1S/C25H32N4O4/c1-2-19-6-8-20(9-7-19)21-10-12-22(13-11-21)24(31)26-15-18-29(33)25(32)27-14-4-17-28-16-3-5-23(28)30/h6-13,33H,2-5,14-18H2,1H3,(H,26,31)(H,27,32). The number of nitrogens with one attached hydrogen (secondary N) is 2. The number of carbonyl (C=O) groups is 3. The topological polar surface area (TPSA) is 102 Å². The van der Waals surface area contributed by atoms with E-state index in [-0.39, 0.29) is 24.9 Å². The number of aryl methyl sites for hydroxylation is 1. The summed E-state index contributed by atoms with van der Waals surface area (Å²) in [5.74, 6) is -0.118. The summed E-state index contributed by atoms with van der Waals surface area (Å²) in [7, 11) is 0. The molecule has 4 amide bonds. The number of urea groups is 1. The summed E-state index contributed by atoms with van der Waals surface area (Å²) in [6.45, 7) is 3.93. The molecule has 0 unspecified atom stereocenters. The van der Waals surface area contributed by atoms with Crippen molar-refractivity contribution in [2.24, 2.45) is 0 Å². The summed E-state index contributed by atoms with van der Waals surface area (Å²) in [6.07, 6.45) is 3.10. The zero-order chi connectivity index (χ0) is 23.6. The fourth-order valence-electron chi connectivity index (χ4n) is 3.72. The Kier molecular flexibility index (Phi) is 8.83. The van der Waals surface area contributed by atoms with E-state index in [1.807, 2.05) is 12.1 Å². The van der Waals surface area contributed by atoms with Gasteiger partial charge in [-0.25, -0.2) is 9.86 Å². The summed E-state index contributed by atoms with van der Waals surface area (Å²) in [6, 6.07) is 15.0. The van der Waals surface area contributed by atoms with Crippen molar-refractivity contribution in [2.75, 3.05) is 32.7 Å². The molecule has 0 spiro atoms. The molecule has 0 atom stereocenters. The van der Waals surface area contributed by atoms with Crippen molar-refractivity contribution in [3.63, 3.8) is 0 Å². The molecular weight excluding hydrogens is 420 g/mol. The fraction of sp³-hybridized carbons (Fsp3) is 0.400. The predicted molar refractivity (Wildman–Crippen MR) is 126 cm³/mol. The average molecular weight is 453 g/mol. The van der Waals surface area contributed by atoms with Crippen LogP contribution in [-0.4, -0.2) is 65.7 Å². The first-order valence-corrected chi connectivity index (χ1v) is 11.5. The second-order valence-corrected chi connectivity index (χ2v) is 8.08. The van der Waals surface area contributed by atoms with Crippen molar-refractivity contribution < 1.29 is 19.6 Å². The van der Waals surface area contributed by atoms with Crippen LogP contribution in [0.15, 0.2) is 48.5 Å². The highest BCUT2D eigenvalue weighted by Gasteiger charge is 2.19. The van der Waals surface area contributed by atoms with E-state index in [9.17, 15) is 19.6 Å². The van der Waals surface area contributed by atoms with Gasteiger partial charge in [-0.3, -0.25) is 14.8 Å².